The Morgan fingerprint density at radius 2 is 1.02 bits per heavy atom. The van der Waals surface area contributed by atoms with E-state index in [-0.39, 0.29) is 32.0 Å². The molecule has 0 spiro atoms. The zero-order valence-electron chi connectivity index (χ0n) is 32.8. The first kappa shape index (κ1) is 48.2. The largest absolute Gasteiger partial charge is 0.462 e. The molecule has 304 valence electrons. The number of hydrogen-bond donors (Lipinski definition) is 4. The fraction of sp³-hybridized carbons (Fsp3) is 0.857. The van der Waals surface area contributed by atoms with Crippen molar-refractivity contribution in [1.29, 1.82) is 0 Å². The van der Waals surface area contributed by atoms with Crippen LogP contribution in [0.25, 0.3) is 0 Å². The van der Waals surface area contributed by atoms with Crippen LogP contribution in [0.2, 0.25) is 0 Å². The van der Waals surface area contributed by atoms with Crippen molar-refractivity contribution >= 4 is 11.9 Å². The standard InChI is InChI=1S/C42H76O10/c1-3-5-7-9-11-13-15-17-18-19-21-22-24-26-28-30-37(44)49-33-35(34-50-42-41(48)40(47)39(46)36(32-43)52-42)51-38(45)31-29-27-25-23-20-16-14-12-10-8-6-4-2/h12,14,17-18,35-36,39-43,46-48H,3-11,13,15-16,19-34H2,1-2H3/b14-12+,18-17+/t35-,36-,39+,40?,41?,42-/m0/s1. The first-order chi connectivity index (χ1) is 25.3. The Balaban J connectivity index is 2.37. The number of carbonyl (C=O) groups excluding carboxylic acids is 2. The zero-order valence-corrected chi connectivity index (χ0v) is 32.8. The lowest BCUT2D eigenvalue weighted by Gasteiger charge is -2.39. The molecule has 0 aromatic heterocycles. The molecule has 0 saturated carbocycles. The SMILES string of the molecule is CCCCC/C=C/CCCCCCCC(=O)O[C@@H](COC(=O)CCCCCCC/C=C/CCCCCCCC)CO[C@H]1O[C@@H](CO)[C@@H](O)C(O)C1O. The zero-order chi connectivity index (χ0) is 38.1. The highest BCUT2D eigenvalue weighted by atomic mass is 16.7. The molecular weight excluding hydrogens is 664 g/mol. The highest BCUT2D eigenvalue weighted by molar-refractivity contribution is 5.70. The van der Waals surface area contributed by atoms with Crippen LogP contribution in [0.4, 0.5) is 0 Å². The van der Waals surface area contributed by atoms with Crippen LogP contribution in [0.15, 0.2) is 24.3 Å². The summed E-state index contributed by atoms with van der Waals surface area (Å²) in [5.74, 6) is -0.826. The molecule has 0 aromatic carbocycles. The predicted molar refractivity (Wildman–Crippen MR) is 206 cm³/mol. The first-order valence-corrected chi connectivity index (χ1v) is 20.9. The van der Waals surface area contributed by atoms with Crippen molar-refractivity contribution in [3.05, 3.63) is 24.3 Å². The molecule has 1 aliphatic rings. The Morgan fingerprint density at radius 3 is 1.54 bits per heavy atom. The third-order valence-electron chi connectivity index (χ3n) is 9.56. The molecular formula is C42H76O10. The minimum Gasteiger partial charge on any atom is -0.462 e. The van der Waals surface area contributed by atoms with E-state index >= 15 is 0 Å². The molecule has 1 fully saturated rings. The van der Waals surface area contributed by atoms with Crippen LogP contribution in [-0.4, -0.2) is 89.0 Å². The number of allylic oxidation sites excluding steroid dienone is 4. The van der Waals surface area contributed by atoms with Gasteiger partial charge in [-0.2, -0.15) is 0 Å². The summed E-state index contributed by atoms with van der Waals surface area (Å²) in [4.78, 5) is 25.2. The summed E-state index contributed by atoms with van der Waals surface area (Å²) < 4.78 is 22.1. The van der Waals surface area contributed by atoms with Crippen LogP contribution in [0.5, 0.6) is 0 Å². The second-order valence-corrected chi connectivity index (χ2v) is 14.4. The Bertz CT molecular complexity index is 907. The average molecular weight is 741 g/mol. The van der Waals surface area contributed by atoms with E-state index in [0.29, 0.717) is 12.8 Å². The van der Waals surface area contributed by atoms with Gasteiger partial charge in [0, 0.05) is 12.8 Å². The molecule has 0 bridgehead atoms. The maximum absolute atomic E-state index is 12.7. The predicted octanol–water partition coefficient (Wildman–Crippen LogP) is 8.16. The lowest BCUT2D eigenvalue weighted by molar-refractivity contribution is -0.305. The summed E-state index contributed by atoms with van der Waals surface area (Å²) in [6, 6.07) is 0. The van der Waals surface area contributed by atoms with Crippen molar-refractivity contribution < 1.29 is 49.0 Å². The normalized spacial score (nSPS) is 21.2. The van der Waals surface area contributed by atoms with Gasteiger partial charge in [0.25, 0.3) is 0 Å². The van der Waals surface area contributed by atoms with E-state index in [1.807, 2.05) is 0 Å². The monoisotopic (exact) mass is 741 g/mol. The summed E-state index contributed by atoms with van der Waals surface area (Å²) >= 11 is 0. The summed E-state index contributed by atoms with van der Waals surface area (Å²) in [7, 11) is 0. The number of carbonyl (C=O) groups is 2. The molecule has 52 heavy (non-hydrogen) atoms. The number of unbranched alkanes of at least 4 members (excludes halogenated alkanes) is 19. The number of aliphatic hydroxyl groups is 4. The molecule has 0 aliphatic carbocycles. The number of hydrogen-bond acceptors (Lipinski definition) is 10. The summed E-state index contributed by atoms with van der Waals surface area (Å²) in [5.41, 5.74) is 0. The first-order valence-electron chi connectivity index (χ1n) is 20.9. The lowest BCUT2D eigenvalue weighted by Crippen LogP contribution is -2.59. The Hall–Kier alpha value is -1.82. The van der Waals surface area contributed by atoms with E-state index in [4.69, 9.17) is 18.9 Å². The topological polar surface area (TPSA) is 152 Å². The van der Waals surface area contributed by atoms with Crippen molar-refractivity contribution in [2.45, 2.75) is 211 Å². The van der Waals surface area contributed by atoms with Gasteiger partial charge >= 0.3 is 11.9 Å². The molecule has 10 nitrogen and oxygen atoms in total. The van der Waals surface area contributed by atoms with Gasteiger partial charge in [-0.3, -0.25) is 9.59 Å². The molecule has 0 amide bonds. The molecule has 10 heteroatoms. The Labute approximate surface area is 315 Å². The fourth-order valence-electron chi connectivity index (χ4n) is 6.18. The second-order valence-electron chi connectivity index (χ2n) is 14.4. The smallest absolute Gasteiger partial charge is 0.306 e. The fourth-order valence-corrected chi connectivity index (χ4v) is 6.18. The van der Waals surface area contributed by atoms with Crippen LogP contribution < -0.4 is 0 Å². The van der Waals surface area contributed by atoms with Gasteiger partial charge in [-0.25, -0.2) is 0 Å². The van der Waals surface area contributed by atoms with Gasteiger partial charge in [0.05, 0.1) is 13.2 Å². The minimum atomic E-state index is -1.59. The molecule has 0 radical (unpaired) electrons. The van der Waals surface area contributed by atoms with E-state index in [0.717, 1.165) is 70.6 Å². The van der Waals surface area contributed by atoms with Gasteiger partial charge in [0.2, 0.25) is 0 Å². The van der Waals surface area contributed by atoms with Crippen molar-refractivity contribution in [3.8, 4) is 0 Å². The molecule has 4 N–H and O–H groups in total. The highest BCUT2D eigenvalue weighted by Gasteiger charge is 2.44. The third kappa shape index (κ3) is 25.2. The van der Waals surface area contributed by atoms with Gasteiger partial charge < -0.3 is 39.4 Å². The van der Waals surface area contributed by atoms with Crippen molar-refractivity contribution in [1.82, 2.24) is 0 Å². The number of esters is 2. The van der Waals surface area contributed by atoms with E-state index in [9.17, 15) is 30.0 Å². The van der Waals surface area contributed by atoms with Crippen LogP contribution in [0.1, 0.15) is 174 Å². The highest BCUT2D eigenvalue weighted by Crippen LogP contribution is 2.22. The Morgan fingerprint density at radius 1 is 0.577 bits per heavy atom. The van der Waals surface area contributed by atoms with Crippen molar-refractivity contribution in [2.24, 2.45) is 0 Å². The summed E-state index contributed by atoms with van der Waals surface area (Å²) in [6.07, 6.45) is 27.6. The molecule has 1 heterocycles. The number of ether oxygens (including phenoxy) is 4. The summed E-state index contributed by atoms with van der Waals surface area (Å²) in [5, 5.41) is 40.0. The molecule has 1 aliphatic heterocycles. The van der Waals surface area contributed by atoms with Crippen molar-refractivity contribution in [2.75, 3.05) is 19.8 Å². The summed E-state index contributed by atoms with van der Waals surface area (Å²) in [6.45, 7) is 3.36. The maximum atomic E-state index is 12.7. The molecule has 2 unspecified atom stereocenters. The van der Waals surface area contributed by atoms with Gasteiger partial charge in [-0.1, -0.05) is 122 Å². The quantitative estimate of drug-likeness (QED) is 0.0289. The van der Waals surface area contributed by atoms with E-state index in [1.165, 1.54) is 64.2 Å². The van der Waals surface area contributed by atoms with Gasteiger partial charge in [-0.05, 0) is 64.2 Å². The molecule has 0 aromatic rings. The Kier molecular flexibility index (Phi) is 31.3. The van der Waals surface area contributed by atoms with Gasteiger partial charge in [0.1, 0.15) is 31.0 Å². The molecule has 1 rings (SSSR count). The molecule has 6 atom stereocenters. The minimum absolute atomic E-state index is 0.219. The maximum Gasteiger partial charge on any atom is 0.306 e. The van der Waals surface area contributed by atoms with E-state index in [1.54, 1.807) is 0 Å². The van der Waals surface area contributed by atoms with E-state index < -0.39 is 49.4 Å². The van der Waals surface area contributed by atoms with Crippen LogP contribution in [0, 0.1) is 0 Å². The number of rotatable bonds is 34. The molecule has 1 saturated heterocycles. The van der Waals surface area contributed by atoms with Crippen LogP contribution in [0.3, 0.4) is 0 Å². The van der Waals surface area contributed by atoms with E-state index in [2.05, 4.69) is 38.2 Å². The van der Waals surface area contributed by atoms with Crippen LogP contribution >= 0.6 is 0 Å². The second kappa shape index (κ2) is 33.7. The van der Waals surface area contributed by atoms with Gasteiger partial charge in [0.15, 0.2) is 12.4 Å². The number of aliphatic hydroxyl groups excluding tert-OH is 4. The van der Waals surface area contributed by atoms with Crippen LogP contribution in [-0.2, 0) is 28.5 Å². The van der Waals surface area contributed by atoms with Gasteiger partial charge in [-0.15, -0.1) is 0 Å². The van der Waals surface area contributed by atoms with Crippen molar-refractivity contribution in [3.63, 3.8) is 0 Å². The average Bonchev–Trinajstić information content (AvgIpc) is 3.14. The third-order valence-corrected chi connectivity index (χ3v) is 9.56. The lowest BCUT2D eigenvalue weighted by atomic mass is 9.99.